The molecule has 29 heavy (non-hydrogen) atoms. The Morgan fingerprint density at radius 1 is 1.21 bits per heavy atom. The van der Waals surface area contributed by atoms with Crippen LogP contribution in [0.4, 0.5) is 0 Å². The Morgan fingerprint density at radius 2 is 1.97 bits per heavy atom. The standard InChI is InChI=1S/C23H29N3O3/c24-14-20-23(19-8-6-18(7-9-19)17-4-2-1-3-5-17)21(16-27)26(20)22(28)15-25-10-12-29-13-11-25/h4,6-9,20-21,23,27H,1-3,5,10-13,15-16H2/t20-,21+,23-/m1/s1. The van der Waals surface area contributed by atoms with E-state index >= 15 is 0 Å². The molecule has 6 nitrogen and oxygen atoms in total. The molecule has 3 aliphatic rings. The predicted molar refractivity (Wildman–Crippen MR) is 110 cm³/mol. The van der Waals surface area contributed by atoms with Gasteiger partial charge in [-0.2, -0.15) is 5.26 Å². The van der Waals surface area contributed by atoms with Gasteiger partial charge in [0.25, 0.3) is 0 Å². The Morgan fingerprint density at radius 3 is 2.59 bits per heavy atom. The molecule has 3 atom stereocenters. The zero-order valence-electron chi connectivity index (χ0n) is 16.8. The van der Waals surface area contributed by atoms with Gasteiger partial charge in [0.15, 0.2) is 0 Å². The molecule has 1 N–H and O–H groups in total. The summed E-state index contributed by atoms with van der Waals surface area (Å²) in [5, 5.41) is 19.7. The highest BCUT2D eigenvalue weighted by molar-refractivity contribution is 5.81. The van der Waals surface area contributed by atoms with Crippen molar-refractivity contribution in [1.29, 1.82) is 5.26 Å². The Kier molecular flexibility index (Phi) is 6.29. The second-order valence-corrected chi connectivity index (χ2v) is 8.14. The van der Waals surface area contributed by atoms with E-state index in [0.29, 0.717) is 13.2 Å². The van der Waals surface area contributed by atoms with Crippen LogP contribution in [0.25, 0.3) is 5.57 Å². The van der Waals surface area contributed by atoms with Gasteiger partial charge in [-0.15, -0.1) is 0 Å². The summed E-state index contributed by atoms with van der Waals surface area (Å²) in [6.45, 7) is 2.85. The van der Waals surface area contributed by atoms with E-state index in [0.717, 1.165) is 31.5 Å². The molecule has 0 aromatic heterocycles. The van der Waals surface area contributed by atoms with Gasteiger partial charge in [-0.25, -0.2) is 0 Å². The first-order valence-corrected chi connectivity index (χ1v) is 10.6. The number of hydrogen-bond acceptors (Lipinski definition) is 5. The van der Waals surface area contributed by atoms with Gasteiger partial charge >= 0.3 is 0 Å². The summed E-state index contributed by atoms with van der Waals surface area (Å²) < 4.78 is 5.33. The molecule has 2 saturated heterocycles. The van der Waals surface area contributed by atoms with E-state index in [9.17, 15) is 15.2 Å². The van der Waals surface area contributed by atoms with Gasteiger partial charge in [-0.1, -0.05) is 30.3 Å². The average Bonchev–Trinajstić information content (AvgIpc) is 2.75. The monoisotopic (exact) mass is 395 g/mol. The molecule has 154 valence electrons. The second-order valence-electron chi connectivity index (χ2n) is 8.14. The van der Waals surface area contributed by atoms with E-state index in [-0.39, 0.29) is 31.0 Å². The van der Waals surface area contributed by atoms with Crippen LogP contribution in [0.5, 0.6) is 0 Å². The van der Waals surface area contributed by atoms with Crippen molar-refractivity contribution < 1.29 is 14.6 Å². The average molecular weight is 396 g/mol. The Bertz CT molecular complexity index is 793. The highest BCUT2D eigenvalue weighted by atomic mass is 16.5. The lowest BCUT2D eigenvalue weighted by atomic mass is 9.75. The number of nitriles is 1. The minimum Gasteiger partial charge on any atom is -0.394 e. The maximum absolute atomic E-state index is 12.8. The third-order valence-electron chi connectivity index (χ3n) is 6.44. The topological polar surface area (TPSA) is 76.8 Å². The maximum atomic E-state index is 12.8. The van der Waals surface area contributed by atoms with Crippen molar-refractivity contribution in [3.05, 3.63) is 41.5 Å². The number of aliphatic hydroxyl groups excluding tert-OH is 1. The van der Waals surface area contributed by atoms with Crippen LogP contribution in [-0.4, -0.2) is 72.4 Å². The molecule has 1 amide bonds. The van der Waals surface area contributed by atoms with Gasteiger partial charge in [0.2, 0.25) is 5.91 Å². The number of amides is 1. The zero-order chi connectivity index (χ0) is 20.2. The number of nitrogens with zero attached hydrogens (tertiary/aromatic N) is 3. The first-order valence-electron chi connectivity index (χ1n) is 10.6. The number of morpholine rings is 1. The summed E-state index contributed by atoms with van der Waals surface area (Å²) in [5.74, 6) is -0.231. The van der Waals surface area contributed by atoms with Gasteiger partial charge in [0, 0.05) is 19.0 Å². The summed E-state index contributed by atoms with van der Waals surface area (Å²) >= 11 is 0. The van der Waals surface area contributed by atoms with Crippen molar-refractivity contribution in [2.45, 2.75) is 43.7 Å². The van der Waals surface area contributed by atoms with Gasteiger partial charge in [-0.3, -0.25) is 9.69 Å². The van der Waals surface area contributed by atoms with Crippen LogP contribution in [0.15, 0.2) is 30.3 Å². The molecule has 1 aliphatic carbocycles. The third-order valence-corrected chi connectivity index (χ3v) is 6.44. The van der Waals surface area contributed by atoms with E-state index in [1.165, 1.54) is 24.0 Å². The van der Waals surface area contributed by atoms with Crippen molar-refractivity contribution in [3.63, 3.8) is 0 Å². The van der Waals surface area contributed by atoms with E-state index in [1.807, 2.05) is 0 Å². The number of aliphatic hydroxyl groups is 1. The molecule has 2 aliphatic heterocycles. The summed E-state index contributed by atoms with van der Waals surface area (Å²) in [6, 6.07) is 9.79. The zero-order valence-corrected chi connectivity index (χ0v) is 16.8. The van der Waals surface area contributed by atoms with Crippen LogP contribution in [0.3, 0.4) is 0 Å². The van der Waals surface area contributed by atoms with Crippen LogP contribution < -0.4 is 0 Å². The molecule has 2 heterocycles. The molecule has 0 unspecified atom stereocenters. The van der Waals surface area contributed by atoms with Crippen LogP contribution in [0.2, 0.25) is 0 Å². The first kappa shape index (κ1) is 20.1. The number of carbonyl (C=O) groups excluding carboxylic acids is 1. The van der Waals surface area contributed by atoms with Gasteiger partial charge in [-0.05, 0) is 42.4 Å². The van der Waals surface area contributed by atoms with E-state index in [2.05, 4.69) is 41.3 Å². The molecule has 1 aromatic carbocycles. The Balaban J connectivity index is 1.47. The summed E-state index contributed by atoms with van der Waals surface area (Å²) in [4.78, 5) is 16.5. The first-order chi connectivity index (χ1) is 14.2. The number of rotatable bonds is 5. The van der Waals surface area contributed by atoms with Crippen LogP contribution in [0.1, 0.15) is 42.7 Å². The fourth-order valence-corrected chi connectivity index (χ4v) is 4.80. The number of hydrogen-bond donors (Lipinski definition) is 1. The highest BCUT2D eigenvalue weighted by Gasteiger charge is 2.51. The lowest BCUT2D eigenvalue weighted by Gasteiger charge is -2.52. The van der Waals surface area contributed by atoms with Gasteiger partial charge in [0.05, 0.1) is 38.5 Å². The third kappa shape index (κ3) is 4.09. The summed E-state index contributed by atoms with van der Waals surface area (Å²) in [7, 11) is 0. The fraction of sp³-hybridized carbons (Fsp3) is 0.565. The van der Waals surface area contributed by atoms with Crippen molar-refractivity contribution in [3.8, 4) is 6.07 Å². The minimum absolute atomic E-state index is 0.0854. The minimum atomic E-state index is -0.527. The molecule has 0 saturated carbocycles. The van der Waals surface area contributed by atoms with E-state index in [4.69, 9.17) is 4.74 Å². The Hall–Kier alpha value is -2.20. The molecule has 0 spiro atoms. The van der Waals surface area contributed by atoms with E-state index < -0.39 is 6.04 Å². The molecule has 6 heteroatoms. The van der Waals surface area contributed by atoms with E-state index in [1.54, 1.807) is 4.90 Å². The lowest BCUT2D eigenvalue weighted by Crippen LogP contribution is -2.66. The highest BCUT2D eigenvalue weighted by Crippen LogP contribution is 2.41. The molecule has 1 aromatic rings. The largest absolute Gasteiger partial charge is 0.394 e. The van der Waals surface area contributed by atoms with Gasteiger partial charge in [0.1, 0.15) is 6.04 Å². The number of benzene rings is 1. The number of carbonyl (C=O) groups is 1. The van der Waals surface area contributed by atoms with Crippen molar-refractivity contribution in [2.24, 2.45) is 0 Å². The molecular formula is C23H29N3O3. The molecule has 0 radical (unpaired) electrons. The van der Waals surface area contributed by atoms with Gasteiger partial charge < -0.3 is 14.7 Å². The maximum Gasteiger partial charge on any atom is 0.238 e. The second kappa shape index (κ2) is 9.08. The SMILES string of the molecule is N#C[C@@H]1[C@@H](c2ccc(C3=CCCCC3)cc2)[C@H](CO)N1C(=O)CN1CCOCC1. The number of allylic oxidation sites excluding steroid dienone is 2. The molecule has 4 rings (SSSR count). The summed E-state index contributed by atoms with van der Waals surface area (Å²) in [6.07, 6.45) is 7.08. The normalized spacial score (nSPS) is 27.7. The Labute approximate surface area is 172 Å². The van der Waals surface area contributed by atoms with Crippen LogP contribution >= 0.6 is 0 Å². The molecule has 0 bridgehead atoms. The fourth-order valence-electron chi connectivity index (χ4n) is 4.80. The molecular weight excluding hydrogens is 366 g/mol. The van der Waals surface area contributed by atoms with Crippen molar-refractivity contribution in [1.82, 2.24) is 9.80 Å². The predicted octanol–water partition coefficient (Wildman–Crippen LogP) is 2.16. The summed E-state index contributed by atoms with van der Waals surface area (Å²) in [5.41, 5.74) is 3.66. The van der Waals surface area contributed by atoms with Crippen molar-refractivity contribution in [2.75, 3.05) is 39.5 Å². The smallest absolute Gasteiger partial charge is 0.238 e. The molecule has 2 fully saturated rings. The van der Waals surface area contributed by atoms with Crippen molar-refractivity contribution >= 4 is 11.5 Å². The van der Waals surface area contributed by atoms with Crippen LogP contribution in [0, 0.1) is 11.3 Å². The number of ether oxygens (including phenoxy) is 1. The van der Waals surface area contributed by atoms with Crippen LogP contribution in [-0.2, 0) is 9.53 Å². The quantitative estimate of drug-likeness (QED) is 0.827. The lowest BCUT2D eigenvalue weighted by molar-refractivity contribution is -0.149. The number of likely N-dealkylation sites (tertiary alicyclic amines) is 1.